The van der Waals surface area contributed by atoms with Gasteiger partial charge in [0.15, 0.2) is 0 Å². The lowest BCUT2D eigenvalue weighted by Gasteiger charge is -2.34. The van der Waals surface area contributed by atoms with Gasteiger partial charge in [-0.15, -0.1) is 0 Å². The topological polar surface area (TPSA) is 128 Å². The SMILES string of the molecule is CCCCCCCN(C(=O)C(CO)NC(=O)OC(C)(C)C)C(C(=O)Nc1ccc2ccccc2c1)c1cccc(O)c1. The van der Waals surface area contributed by atoms with Crippen LogP contribution < -0.4 is 10.6 Å². The number of nitrogens with one attached hydrogen (secondary N) is 2. The number of anilines is 1. The number of carbonyl (C=O) groups excluding carboxylic acids is 3. The van der Waals surface area contributed by atoms with E-state index < -0.39 is 42.2 Å². The summed E-state index contributed by atoms with van der Waals surface area (Å²) < 4.78 is 5.30. The van der Waals surface area contributed by atoms with E-state index in [0.29, 0.717) is 17.7 Å². The van der Waals surface area contributed by atoms with Crippen LogP contribution in [-0.4, -0.2) is 57.8 Å². The number of carbonyl (C=O) groups is 3. The van der Waals surface area contributed by atoms with Crippen LogP contribution in [0, 0.1) is 0 Å². The van der Waals surface area contributed by atoms with E-state index >= 15 is 0 Å². The van der Waals surface area contributed by atoms with Crippen LogP contribution in [0.1, 0.15) is 71.4 Å². The number of hydrogen-bond donors (Lipinski definition) is 4. The first-order valence-electron chi connectivity index (χ1n) is 14.5. The minimum absolute atomic E-state index is 0.0584. The number of unbranched alkanes of at least 4 members (excludes halogenated alkanes) is 4. The summed E-state index contributed by atoms with van der Waals surface area (Å²) >= 11 is 0. The van der Waals surface area contributed by atoms with Gasteiger partial charge in [-0.3, -0.25) is 9.59 Å². The number of rotatable bonds is 13. The molecule has 0 heterocycles. The number of aromatic hydroxyl groups is 1. The molecule has 0 spiro atoms. The number of aliphatic hydroxyl groups excluding tert-OH is 1. The number of benzene rings is 3. The zero-order chi connectivity index (χ0) is 30.7. The van der Waals surface area contributed by atoms with Crippen LogP contribution in [0.4, 0.5) is 10.5 Å². The second-order valence-corrected chi connectivity index (χ2v) is 11.4. The van der Waals surface area contributed by atoms with Gasteiger partial charge in [0.1, 0.15) is 23.4 Å². The quantitative estimate of drug-likeness (QED) is 0.187. The number of ether oxygens (including phenoxy) is 1. The highest BCUT2D eigenvalue weighted by atomic mass is 16.6. The van der Waals surface area contributed by atoms with E-state index in [2.05, 4.69) is 17.6 Å². The Hall–Kier alpha value is -4.11. The van der Waals surface area contributed by atoms with E-state index in [4.69, 9.17) is 4.74 Å². The van der Waals surface area contributed by atoms with Gasteiger partial charge < -0.3 is 30.5 Å². The number of alkyl carbamates (subject to hydrolysis) is 1. The molecule has 3 rings (SSSR count). The normalized spacial score (nSPS) is 12.8. The van der Waals surface area contributed by atoms with Gasteiger partial charge >= 0.3 is 6.09 Å². The zero-order valence-electron chi connectivity index (χ0n) is 24.9. The summed E-state index contributed by atoms with van der Waals surface area (Å²) in [6, 6.07) is 17.0. The van der Waals surface area contributed by atoms with Gasteiger partial charge in [-0.1, -0.05) is 75.1 Å². The van der Waals surface area contributed by atoms with E-state index in [1.165, 1.54) is 17.0 Å². The molecule has 0 saturated heterocycles. The minimum atomic E-state index is -1.34. The van der Waals surface area contributed by atoms with Crippen LogP contribution in [0.2, 0.25) is 0 Å². The molecular weight excluding hydrogens is 534 g/mol. The fraction of sp³-hybridized carbons (Fsp3) is 0.424. The van der Waals surface area contributed by atoms with Crippen molar-refractivity contribution >= 4 is 34.4 Å². The maximum Gasteiger partial charge on any atom is 0.408 e. The van der Waals surface area contributed by atoms with Crippen molar-refractivity contribution in [3.8, 4) is 5.75 Å². The fourth-order valence-corrected chi connectivity index (χ4v) is 4.73. The Bertz CT molecular complexity index is 1350. The van der Waals surface area contributed by atoms with Crippen molar-refractivity contribution in [3.05, 3.63) is 72.3 Å². The van der Waals surface area contributed by atoms with Gasteiger partial charge in [0, 0.05) is 12.2 Å². The third-order valence-corrected chi connectivity index (χ3v) is 6.72. The van der Waals surface area contributed by atoms with Crippen LogP contribution >= 0.6 is 0 Å². The van der Waals surface area contributed by atoms with Gasteiger partial charge in [0.05, 0.1) is 6.61 Å². The summed E-state index contributed by atoms with van der Waals surface area (Å²) in [5.74, 6) is -1.19. The summed E-state index contributed by atoms with van der Waals surface area (Å²) in [6.45, 7) is 6.70. The molecule has 4 N–H and O–H groups in total. The van der Waals surface area contributed by atoms with E-state index in [0.717, 1.165) is 36.5 Å². The molecule has 0 fully saturated rings. The molecule has 3 aromatic carbocycles. The number of phenolic OH excluding ortho intramolecular Hbond substituents is 1. The predicted octanol–water partition coefficient (Wildman–Crippen LogP) is 5.91. The average molecular weight is 578 g/mol. The highest BCUT2D eigenvalue weighted by molar-refractivity contribution is 6.00. The summed E-state index contributed by atoms with van der Waals surface area (Å²) in [5.41, 5.74) is 0.129. The summed E-state index contributed by atoms with van der Waals surface area (Å²) in [6.07, 6.45) is 3.65. The van der Waals surface area contributed by atoms with Crippen molar-refractivity contribution in [2.45, 2.75) is 77.5 Å². The predicted molar refractivity (Wildman–Crippen MR) is 164 cm³/mol. The molecule has 2 unspecified atom stereocenters. The van der Waals surface area contributed by atoms with Crippen molar-refractivity contribution in [2.24, 2.45) is 0 Å². The van der Waals surface area contributed by atoms with Crippen LogP contribution in [-0.2, 0) is 14.3 Å². The van der Waals surface area contributed by atoms with Gasteiger partial charge in [-0.2, -0.15) is 0 Å². The van der Waals surface area contributed by atoms with Crippen molar-refractivity contribution in [3.63, 3.8) is 0 Å². The Kier molecular flexibility index (Phi) is 11.7. The summed E-state index contributed by atoms with van der Waals surface area (Å²) in [7, 11) is 0. The average Bonchev–Trinajstić information content (AvgIpc) is 2.93. The number of hydrogen-bond acceptors (Lipinski definition) is 6. The van der Waals surface area contributed by atoms with Crippen molar-refractivity contribution in [1.82, 2.24) is 10.2 Å². The lowest BCUT2D eigenvalue weighted by atomic mass is 10.0. The molecule has 9 nitrogen and oxygen atoms in total. The van der Waals surface area contributed by atoms with Crippen molar-refractivity contribution in [2.75, 3.05) is 18.5 Å². The second kappa shape index (κ2) is 15.2. The molecule has 0 aromatic heterocycles. The number of amides is 3. The number of aliphatic hydroxyl groups is 1. The fourth-order valence-electron chi connectivity index (χ4n) is 4.73. The molecule has 2 atom stereocenters. The van der Waals surface area contributed by atoms with Gasteiger partial charge in [-0.05, 0) is 67.8 Å². The molecular formula is C33H43N3O6. The molecule has 0 aliphatic rings. The van der Waals surface area contributed by atoms with E-state index in [-0.39, 0.29) is 12.3 Å². The molecule has 3 amide bonds. The second-order valence-electron chi connectivity index (χ2n) is 11.4. The van der Waals surface area contributed by atoms with Crippen LogP contribution in [0.5, 0.6) is 5.75 Å². The summed E-state index contributed by atoms with van der Waals surface area (Å²) in [4.78, 5) is 41.9. The Morgan fingerprint density at radius 3 is 2.29 bits per heavy atom. The largest absolute Gasteiger partial charge is 0.508 e. The van der Waals surface area contributed by atoms with E-state index in [1.54, 1.807) is 39.0 Å². The van der Waals surface area contributed by atoms with Crippen LogP contribution in [0.25, 0.3) is 10.8 Å². The monoisotopic (exact) mass is 577 g/mol. The third-order valence-electron chi connectivity index (χ3n) is 6.72. The highest BCUT2D eigenvalue weighted by Crippen LogP contribution is 2.28. The zero-order valence-corrected chi connectivity index (χ0v) is 24.9. The highest BCUT2D eigenvalue weighted by Gasteiger charge is 2.36. The number of fused-ring (bicyclic) bond motifs is 1. The first-order valence-corrected chi connectivity index (χ1v) is 14.5. The number of phenols is 1. The Morgan fingerprint density at radius 1 is 0.905 bits per heavy atom. The smallest absolute Gasteiger partial charge is 0.408 e. The lowest BCUT2D eigenvalue weighted by molar-refractivity contribution is -0.141. The first-order chi connectivity index (χ1) is 20.0. The van der Waals surface area contributed by atoms with Crippen molar-refractivity contribution in [1.29, 1.82) is 0 Å². The molecule has 0 bridgehead atoms. The molecule has 0 aliphatic carbocycles. The van der Waals surface area contributed by atoms with Crippen LogP contribution in [0.15, 0.2) is 66.7 Å². The van der Waals surface area contributed by atoms with Gasteiger partial charge in [0.2, 0.25) is 5.91 Å². The number of nitrogens with zero attached hydrogens (tertiary/aromatic N) is 1. The molecule has 0 saturated carbocycles. The van der Waals surface area contributed by atoms with E-state index in [1.807, 2.05) is 36.4 Å². The van der Waals surface area contributed by atoms with Crippen molar-refractivity contribution < 1.29 is 29.3 Å². The Labute approximate surface area is 247 Å². The minimum Gasteiger partial charge on any atom is -0.508 e. The van der Waals surface area contributed by atoms with E-state index in [9.17, 15) is 24.6 Å². The Balaban J connectivity index is 1.98. The summed E-state index contributed by atoms with van der Waals surface area (Å²) in [5, 5.41) is 27.8. The van der Waals surface area contributed by atoms with Gasteiger partial charge in [0.25, 0.3) is 5.91 Å². The third kappa shape index (κ3) is 9.48. The van der Waals surface area contributed by atoms with Gasteiger partial charge in [-0.25, -0.2) is 4.79 Å². The first kappa shape index (κ1) is 32.4. The maximum absolute atomic E-state index is 14.0. The standard InChI is InChI=1S/C33H43N3O6/c1-5-6-7-8-11-19-36(31(40)28(22-37)35-32(41)42-33(2,3)4)29(25-15-12-16-27(38)21-25)30(39)34-26-18-17-23-13-9-10-14-24(23)20-26/h9-10,12-18,20-21,28-29,37-38H,5-8,11,19,22H2,1-4H3,(H,34,39)(H,35,41). The molecule has 226 valence electrons. The van der Waals surface area contributed by atoms with Crippen LogP contribution in [0.3, 0.4) is 0 Å². The molecule has 0 radical (unpaired) electrons. The molecule has 9 heteroatoms. The molecule has 3 aromatic rings. The lowest BCUT2D eigenvalue weighted by Crippen LogP contribution is -2.54. The molecule has 42 heavy (non-hydrogen) atoms. The maximum atomic E-state index is 14.0. The Morgan fingerprint density at radius 2 is 1.62 bits per heavy atom. The molecule has 0 aliphatic heterocycles.